The maximum Gasteiger partial charge on any atom is 0.311 e. The highest BCUT2D eigenvalue weighted by atomic mass is 79.9. The fraction of sp³-hybridized carbons (Fsp3) is 0.222. The van der Waals surface area contributed by atoms with Gasteiger partial charge in [0.25, 0.3) is 5.91 Å². The number of halogens is 1. The van der Waals surface area contributed by atoms with Crippen LogP contribution in [0.15, 0.2) is 40.9 Å². The molecule has 0 aromatic heterocycles. The minimum atomic E-state index is -0.620. The molecule has 0 heterocycles. The molecule has 9 heteroatoms. The van der Waals surface area contributed by atoms with Crippen LogP contribution in [0.3, 0.4) is 0 Å². The summed E-state index contributed by atoms with van der Waals surface area (Å²) < 4.78 is 6.07. The molecule has 0 spiro atoms. The Morgan fingerprint density at radius 3 is 2.59 bits per heavy atom. The van der Waals surface area contributed by atoms with E-state index < -0.39 is 16.7 Å². The number of anilines is 1. The monoisotopic (exact) mass is 435 g/mol. The predicted molar refractivity (Wildman–Crippen MR) is 104 cm³/mol. The number of carbonyl (C=O) groups is 2. The second-order valence-electron chi connectivity index (χ2n) is 5.56. The van der Waals surface area contributed by atoms with Crippen molar-refractivity contribution in [3.05, 3.63) is 62.1 Å². The van der Waals surface area contributed by atoms with E-state index in [-0.39, 0.29) is 30.2 Å². The van der Waals surface area contributed by atoms with Crippen LogP contribution in [0.1, 0.15) is 22.8 Å². The molecular formula is C18H18BrN3O5. The van der Waals surface area contributed by atoms with Crippen LogP contribution < -0.4 is 15.4 Å². The number of hydrogen-bond donors (Lipinski definition) is 2. The van der Waals surface area contributed by atoms with Crippen molar-refractivity contribution in [1.29, 1.82) is 0 Å². The molecule has 0 unspecified atom stereocenters. The molecule has 0 saturated heterocycles. The van der Waals surface area contributed by atoms with E-state index in [1.807, 2.05) is 13.0 Å². The highest BCUT2D eigenvalue weighted by Gasteiger charge is 2.19. The minimum Gasteiger partial charge on any atom is -0.487 e. The Balaban J connectivity index is 2.01. The van der Waals surface area contributed by atoms with Gasteiger partial charge in [-0.1, -0.05) is 15.9 Å². The van der Waals surface area contributed by atoms with Gasteiger partial charge in [0, 0.05) is 21.8 Å². The van der Waals surface area contributed by atoms with E-state index in [1.54, 1.807) is 19.1 Å². The van der Waals surface area contributed by atoms with E-state index in [1.165, 1.54) is 12.1 Å². The topological polar surface area (TPSA) is 111 Å². The summed E-state index contributed by atoms with van der Waals surface area (Å²) in [5.74, 6) is -0.916. The summed E-state index contributed by atoms with van der Waals surface area (Å²) in [4.78, 5) is 34.7. The zero-order chi connectivity index (χ0) is 20.0. The summed E-state index contributed by atoms with van der Waals surface area (Å²) in [5, 5.41) is 16.3. The first kappa shape index (κ1) is 20.4. The molecule has 0 saturated carbocycles. The van der Waals surface area contributed by atoms with Gasteiger partial charge in [0.2, 0.25) is 5.91 Å². The molecule has 2 rings (SSSR count). The number of nitro benzene ring substituents is 1. The van der Waals surface area contributed by atoms with E-state index in [0.29, 0.717) is 5.69 Å². The van der Waals surface area contributed by atoms with Gasteiger partial charge in [-0.05, 0) is 49.7 Å². The van der Waals surface area contributed by atoms with Crippen LogP contribution in [0.25, 0.3) is 0 Å². The Kier molecular flexibility index (Phi) is 6.89. The number of carbonyl (C=O) groups excluding carboxylic acids is 2. The van der Waals surface area contributed by atoms with Gasteiger partial charge in [-0.15, -0.1) is 0 Å². The van der Waals surface area contributed by atoms with Crippen LogP contribution in [0.4, 0.5) is 11.4 Å². The summed E-state index contributed by atoms with van der Waals surface area (Å²) in [6, 6.07) is 9.28. The van der Waals surface area contributed by atoms with Gasteiger partial charge in [0.15, 0.2) is 5.75 Å². The molecule has 0 aliphatic carbocycles. The third-order valence-electron chi connectivity index (χ3n) is 3.59. The van der Waals surface area contributed by atoms with Crippen LogP contribution in [0, 0.1) is 17.0 Å². The predicted octanol–water partition coefficient (Wildman–Crippen LogP) is 3.43. The third-order valence-corrected chi connectivity index (χ3v) is 4.08. The highest BCUT2D eigenvalue weighted by Crippen LogP contribution is 2.28. The molecule has 0 aliphatic rings. The van der Waals surface area contributed by atoms with E-state index in [0.717, 1.165) is 16.1 Å². The maximum atomic E-state index is 12.2. The molecule has 27 heavy (non-hydrogen) atoms. The van der Waals surface area contributed by atoms with Crippen molar-refractivity contribution in [3.8, 4) is 5.75 Å². The molecule has 0 bridgehead atoms. The van der Waals surface area contributed by atoms with Gasteiger partial charge < -0.3 is 15.4 Å². The maximum absolute atomic E-state index is 12.2. The molecule has 0 aliphatic heterocycles. The Labute approximate surface area is 164 Å². The zero-order valence-corrected chi connectivity index (χ0v) is 16.3. The molecular weight excluding hydrogens is 418 g/mol. The van der Waals surface area contributed by atoms with Gasteiger partial charge in [0.1, 0.15) is 0 Å². The molecule has 142 valence electrons. The van der Waals surface area contributed by atoms with Crippen molar-refractivity contribution >= 4 is 39.1 Å². The average molecular weight is 436 g/mol. The minimum absolute atomic E-state index is 0.0674. The third kappa shape index (κ3) is 5.52. The van der Waals surface area contributed by atoms with Gasteiger partial charge >= 0.3 is 5.69 Å². The lowest BCUT2D eigenvalue weighted by Crippen LogP contribution is -2.33. The van der Waals surface area contributed by atoms with Crippen molar-refractivity contribution in [1.82, 2.24) is 5.32 Å². The average Bonchev–Trinajstić information content (AvgIpc) is 2.62. The van der Waals surface area contributed by atoms with E-state index >= 15 is 0 Å². The van der Waals surface area contributed by atoms with Crippen molar-refractivity contribution in [3.63, 3.8) is 0 Å². The number of ether oxygens (including phenoxy) is 1. The first-order valence-electron chi connectivity index (χ1n) is 8.07. The number of hydrogen-bond acceptors (Lipinski definition) is 5. The number of amides is 2. The molecule has 2 aromatic carbocycles. The lowest BCUT2D eigenvalue weighted by molar-refractivity contribution is -0.385. The molecule has 0 fully saturated rings. The van der Waals surface area contributed by atoms with Gasteiger partial charge in [-0.2, -0.15) is 0 Å². The van der Waals surface area contributed by atoms with Crippen LogP contribution in [-0.2, 0) is 4.79 Å². The Morgan fingerprint density at radius 2 is 1.96 bits per heavy atom. The molecule has 2 amide bonds. The Hall–Kier alpha value is -2.94. The summed E-state index contributed by atoms with van der Waals surface area (Å²) in [5.41, 5.74) is 1.26. The molecule has 0 atom stereocenters. The summed E-state index contributed by atoms with van der Waals surface area (Å²) in [6.45, 7) is 3.55. The fourth-order valence-electron chi connectivity index (χ4n) is 2.30. The van der Waals surface area contributed by atoms with Crippen molar-refractivity contribution in [2.75, 3.05) is 18.5 Å². The smallest absolute Gasteiger partial charge is 0.311 e. The summed E-state index contributed by atoms with van der Waals surface area (Å²) in [7, 11) is 0. The standard InChI is InChI=1S/C18H18BrN3O5/c1-3-27-16-7-4-12(9-15(16)22(25)26)18(24)20-10-17(23)21-14-6-5-13(19)8-11(14)2/h4-9H,3,10H2,1-2H3,(H,20,24)(H,21,23). The lowest BCUT2D eigenvalue weighted by atomic mass is 10.1. The molecule has 0 radical (unpaired) electrons. The first-order valence-corrected chi connectivity index (χ1v) is 8.86. The largest absolute Gasteiger partial charge is 0.487 e. The van der Waals surface area contributed by atoms with Crippen LogP contribution in [0.5, 0.6) is 5.75 Å². The number of aryl methyl sites for hydroxylation is 1. The van der Waals surface area contributed by atoms with Gasteiger partial charge in [0.05, 0.1) is 18.1 Å². The number of nitro groups is 1. The Bertz CT molecular complexity index is 885. The summed E-state index contributed by atoms with van der Waals surface area (Å²) >= 11 is 3.34. The van der Waals surface area contributed by atoms with Crippen LogP contribution in [-0.4, -0.2) is 29.9 Å². The van der Waals surface area contributed by atoms with Gasteiger partial charge in [-0.3, -0.25) is 19.7 Å². The number of nitrogens with zero attached hydrogens (tertiary/aromatic N) is 1. The molecule has 8 nitrogen and oxygen atoms in total. The summed E-state index contributed by atoms with van der Waals surface area (Å²) in [6.07, 6.45) is 0. The van der Waals surface area contributed by atoms with Crippen molar-refractivity contribution in [2.45, 2.75) is 13.8 Å². The van der Waals surface area contributed by atoms with E-state index in [4.69, 9.17) is 4.74 Å². The van der Waals surface area contributed by atoms with Crippen molar-refractivity contribution < 1.29 is 19.2 Å². The van der Waals surface area contributed by atoms with E-state index in [2.05, 4.69) is 26.6 Å². The zero-order valence-electron chi connectivity index (χ0n) is 14.7. The number of benzene rings is 2. The molecule has 2 aromatic rings. The second-order valence-corrected chi connectivity index (χ2v) is 6.48. The second kappa shape index (κ2) is 9.13. The quantitative estimate of drug-likeness (QED) is 0.511. The highest BCUT2D eigenvalue weighted by molar-refractivity contribution is 9.10. The van der Waals surface area contributed by atoms with Gasteiger partial charge in [-0.25, -0.2) is 0 Å². The molecule has 2 N–H and O–H groups in total. The van der Waals surface area contributed by atoms with Crippen LogP contribution >= 0.6 is 15.9 Å². The SMILES string of the molecule is CCOc1ccc(C(=O)NCC(=O)Nc2ccc(Br)cc2C)cc1[N+](=O)[O-]. The fourth-order valence-corrected chi connectivity index (χ4v) is 2.78. The van der Waals surface area contributed by atoms with Crippen LogP contribution in [0.2, 0.25) is 0 Å². The number of nitrogens with one attached hydrogen (secondary N) is 2. The Morgan fingerprint density at radius 1 is 1.22 bits per heavy atom. The normalized spacial score (nSPS) is 10.2. The lowest BCUT2D eigenvalue weighted by Gasteiger charge is -2.10. The van der Waals surface area contributed by atoms with E-state index in [9.17, 15) is 19.7 Å². The number of rotatable bonds is 7. The van der Waals surface area contributed by atoms with Crippen molar-refractivity contribution in [2.24, 2.45) is 0 Å². The first-order chi connectivity index (χ1) is 12.8.